The fourth-order valence-electron chi connectivity index (χ4n) is 5.67. The third kappa shape index (κ3) is 2.11. The smallest absolute Gasteiger partial charge is 0.274 e. The highest BCUT2D eigenvalue weighted by Crippen LogP contribution is 2.55. The Kier molecular flexibility index (Phi) is 2.85. The van der Waals surface area contributed by atoms with Gasteiger partial charge in [-0.05, 0) is 68.4 Å². The van der Waals surface area contributed by atoms with Gasteiger partial charge in [0.2, 0.25) is 0 Å². The first kappa shape index (κ1) is 13.8. The van der Waals surface area contributed by atoms with Crippen molar-refractivity contribution in [3.63, 3.8) is 0 Å². The van der Waals surface area contributed by atoms with E-state index in [-0.39, 0.29) is 11.4 Å². The maximum absolute atomic E-state index is 12.9. The molecule has 0 atom stereocenters. The summed E-state index contributed by atoms with van der Waals surface area (Å²) in [4.78, 5) is 12.9. The Morgan fingerprint density at radius 3 is 2.48 bits per heavy atom. The summed E-state index contributed by atoms with van der Waals surface area (Å²) < 4.78 is 5.28. The van der Waals surface area contributed by atoms with E-state index in [1.807, 2.05) is 0 Å². The molecule has 23 heavy (non-hydrogen) atoms. The van der Waals surface area contributed by atoms with Crippen LogP contribution in [-0.4, -0.2) is 16.6 Å². The molecule has 4 aliphatic rings. The second-order valence-electron chi connectivity index (χ2n) is 7.80. The lowest BCUT2D eigenvalue weighted by Crippen LogP contribution is -2.59. The monoisotopic (exact) mass is 330 g/mol. The molecule has 4 fully saturated rings. The van der Waals surface area contributed by atoms with Crippen molar-refractivity contribution in [1.29, 1.82) is 0 Å². The molecule has 1 heterocycles. The second-order valence-corrected chi connectivity index (χ2v) is 8.20. The van der Waals surface area contributed by atoms with Crippen molar-refractivity contribution < 1.29 is 9.32 Å². The highest BCUT2D eigenvalue weighted by Gasteiger charge is 2.51. The van der Waals surface area contributed by atoms with Gasteiger partial charge < -0.3 is 9.84 Å². The summed E-state index contributed by atoms with van der Waals surface area (Å²) in [6, 6.07) is 5.36. The summed E-state index contributed by atoms with van der Waals surface area (Å²) in [5.74, 6) is 2.23. The molecule has 1 amide bonds. The van der Waals surface area contributed by atoms with Crippen molar-refractivity contribution in [3.05, 3.63) is 28.9 Å². The molecule has 6 rings (SSSR count). The molecular weight excluding hydrogens is 312 g/mol. The number of carbonyl (C=O) groups excluding carboxylic acids is 1. The molecule has 0 radical (unpaired) electrons. The minimum Gasteiger partial charge on any atom is -0.355 e. The summed E-state index contributed by atoms with van der Waals surface area (Å²) in [5.41, 5.74) is 0.854. The van der Waals surface area contributed by atoms with E-state index in [2.05, 4.69) is 10.5 Å². The van der Waals surface area contributed by atoms with E-state index in [9.17, 15) is 4.79 Å². The standard InChI is InChI=1S/C18H19ClN2O2/c19-13-2-1-3-14-15(13)16(21-23-14)17(22)20-18-7-10-4-11(8-18)6-12(5-10)9-18/h1-3,10-12H,4-9H2,(H,20,22). The Hall–Kier alpha value is -1.55. The van der Waals surface area contributed by atoms with Crippen LogP contribution in [0.25, 0.3) is 11.0 Å². The Labute approximate surface area is 139 Å². The fraction of sp³-hybridized carbons (Fsp3) is 0.556. The van der Waals surface area contributed by atoms with Gasteiger partial charge in [0, 0.05) is 5.54 Å². The van der Waals surface area contributed by atoms with Gasteiger partial charge in [0.15, 0.2) is 11.3 Å². The molecule has 1 N–H and O–H groups in total. The maximum atomic E-state index is 12.9. The van der Waals surface area contributed by atoms with Crippen LogP contribution in [0.1, 0.15) is 49.0 Å². The number of carbonyl (C=O) groups is 1. The van der Waals surface area contributed by atoms with E-state index >= 15 is 0 Å². The predicted molar refractivity (Wildman–Crippen MR) is 87.4 cm³/mol. The quantitative estimate of drug-likeness (QED) is 0.898. The van der Waals surface area contributed by atoms with Crippen LogP contribution < -0.4 is 5.32 Å². The molecule has 4 saturated carbocycles. The zero-order valence-electron chi connectivity index (χ0n) is 12.8. The summed E-state index contributed by atoms with van der Waals surface area (Å²) >= 11 is 6.24. The van der Waals surface area contributed by atoms with Crippen LogP contribution in [0.2, 0.25) is 5.02 Å². The van der Waals surface area contributed by atoms with Crippen LogP contribution in [0, 0.1) is 17.8 Å². The van der Waals surface area contributed by atoms with Crippen molar-refractivity contribution in [2.24, 2.45) is 17.8 Å². The Bertz CT molecular complexity index is 762. The fourth-order valence-corrected chi connectivity index (χ4v) is 5.92. The summed E-state index contributed by atoms with van der Waals surface area (Å²) in [6.45, 7) is 0. The van der Waals surface area contributed by atoms with Crippen molar-refractivity contribution in [3.8, 4) is 0 Å². The molecule has 120 valence electrons. The zero-order valence-corrected chi connectivity index (χ0v) is 13.6. The van der Waals surface area contributed by atoms with E-state index in [0.717, 1.165) is 37.0 Å². The van der Waals surface area contributed by atoms with Gasteiger partial charge in [-0.25, -0.2) is 0 Å². The second kappa shape index (κ2) is 4.73. The average Bonchev–Trinajstić information content (AvgIpc) is 2.90. The Morgan fingerprint density at radius 1 is 1.17 bits per heavy atom. The topological polar surface area (TPSA) is 55.1 Å². The van der Waals surface area contributed by atoms with Gasteiger partial charge in [0.05, 0.1) is 10.4 Å². The number of halogens is 1. The number of aromatic nitrogens is 1. The van der Waals surface area contributed by atoms with Crippen LogP contribution in [0.5, 0.6) is 0 Å². The number of rotatable bonds is 2. The predicted octanol–water partition coefficient (Wildman–Crippen LogP) is 4.18. The van der Waals surface area contributed by atoms with Crippen LogP contribution in [0.4, 0.5) is 0 Å². The highest BCUT2D eigenvalue weighted by atomic mass is 35.5. The Balaban J connectivity index is 1.47. The molecule has 4 bridgehead atoms. The molecule has 0 unspecified atom stereocenters. The van der Waals surface area contributed by atoms with Crippen LogP contribution in [0.15, 0.2) is 22.7 Å². The number of hydrogen-bond donors (Lipinski definition) is 1. The van der Waals surface area contributed by atoms with Gasteiger partial charge in [-0.2, -0.15) is 0 Å². The lowest BCUT2D eigenvalue weighted by molar-refractivity contribution is -0.0168. The maximum Gasteiger partial charge on any atom is 0.274 e. The first-order valence-corrected chi connectivity index (χ1v) is 8.86. The number of amides is 1. The SMILES string of the molecule is O=C(NC12CC3CC(CC(C3)C1)C2)c1noc2cccc(Cl)c12. The minimum absolute atomic E-state index is 0.0294. The third-order valence-corrected chi connectivity index (χ3v) is 6.39. The molecule has 0 spiro atoms. The van der Waals surface area contributed by atoms with E-state index in [1.54, 1.807) is 18.2 Å². The van der Waals surface area contributed by atoms with Crippen LogP contribution in [-0.2, 0) is 0 Å². The Morgan fingerprint density at radius 2 is 1.83 bits per heavy atom. The molecule has 0 saturated heterocycles. The minimum atomic E-state index is -0.140. The van der Waals surface area contributed by atoms with Gasteiger partial charge in [-0.15, -0.1) is 0 Å². The molecule has 0 aliphatic heterocycles. The van der Waals surface area contributed by atoms with Gasteiger partial charge in [-0.3, -0.25) is 4.79 Å². The molecule has 1 aromatic carbocycles. The zero-order chi connectivity index (χ0) is 15.6. The normalized spacial score (nSPS) is 34.9. The van der Waals surface area contributed by atoms with E-state index < -0.39 is 0 Å². The molecule has 5 heteroatoms. The average molecular weight is 331 g/mol. The number of hydrogen-bond acceptors (Lipinski definition) is 3. The first-order valence-electron chi connectivity index (χ1n) is 8.48. The highest BCUT2D eigenvalue weighted by molar-refractivity contribution is 6.36. The van der Waals surface area contributed by atoms with Crippen molar-refractivity contribution >= 4 is 28.5 Å². The number of benzene rings is 1. The largest absolute Gasteiger partial charge is 0.355 e. The van der Waals surface area contributed by atoms with Gasteiger partial charge in [0.25, 0.3) is 5.91 Å². The van der Waals surface area contributed by atoms with Crippen LogP contribution >= 0.6 is 11.6 Å². The summed E-state index contributed by atoms with van der Waals surface area (Å²) in [5, 5.41) is 8.44. The van der Waals surface area contributed by atoms with Crippen molar-refractivity contribution in [2.75, 3.05) is 0 Å². The molecule has 1 aromatic heterocycles. The third-order valence-electron chi connectivity index (χ3n) is 6.08. The van der Waals surface area contributed by atoms with Crippen molar-refractivity contribution in [2.45, 2.75) is 44.1 Å². The van der Waals surface area contributed by atoms with Crippen molar-refractivity contribution in [1.82, 2.24) is 10.5 Å². The molecule has 4 aliphatic carbocycles. The van der Waals surface area contributed by atoms with Gasteiger partial charge in [-0.1, -0.05) is 22.8 Å². The number of nitrogens with one attached hydrogen (secondary N) is 1. The molecule has 2 aromatic rings. The summed E-state index contributed by atoms with van der Waals surface area (Å²) in [7, 11) is 0. The lowest BCUT2D eigenvalue weighted by Gasteiger charge is -2.56. The summed E-state index contributed by atoms with van der Waals surface area (Å²) in [6.07, 6.45) is 7.42. The van der Waals surface area contributed by atoms with Gasteiger partial charge in [0.1, 0.15) is 0 Å². The lowest BCUT2D eigenvalue weighted by atomic mass is 9.53. The number of fused-ring (bicyclic) bond motifs is 1. The molecule has 4 nitrogen and oxygen atoms in total. The van der Waals surface area contributed by atoms with Crippen LogP contribution in [0.3, 0.4) is 0 Å². The van der Waals surface area contributed by atoms with Gasteiger partial charge >= 0.3 is 0 Å². The molecular formula is C18H19ClN2O2. The van der Waals surface area contributed by atoms with E-state index in [0.29, 0.717) is 21.7 Å². The first-order chi connectivity index (χ1) is 11.1. The van der Waals surface area contributed by atoms with E-state index in [4.69, 9.17) is 16.1 Å². The number of nitrogens with zero attached hydrogens (tertiary/aromatic N) is 1. The van der Waals surface area contributed by atoms with E-state index in [1.165, 1.54) is 19.3 Å².